The van der Waals surface area contributed by atoms with Crippen molar-refractivity contribution in [3.05, 3.63) is 58.3 Å². The van der Waals surface area contributed by atoms with Crippen LogP contribution in [0.25, 0.3) is 5.95 Å². The third-order valence-corrected chi connectivity index (χ3v) is 4.76. The summed E-state index contributed by atoms with van der Waals surface area (Å²) in [7, 11) is 0. The summed E-state index contributed by atoms with van der Waals surface area (Å²) in [6, 6.07) is 4.90. The number of nitrogens with zero attached hydrogens (tertiary/aromatic N) is 5. The number of amides is 2. The molecule has 26 heavy (non-hydrogen) atoms. The number of nitrogens with one attached hydrogen (secondary N) is 2. The van der Waals surface area contributed by atoms with Gasteiger partial charge < -0.3 is 10.6 Å². The Morgan fingerprint density at radius 2 is 1.92 bits per heavy atom. The molecule has 8 nitrogen and oxygen atoms in total. The van der Waals surface area contributed by atoms with Gasteiger partial charge in [0.15, 0.2) is 5.82 Å². The summed E-state index contributed by atoms with van der Waals surface area (Å²) < 4.78 is 2.44. The van der Waals surface area contributed by atoms with Crippen molar-refractivity contribution in [3.63, 3.8) is 0 Å². The normalized spacial score (nSPS) is 11.8. The molecule has 1 aromatic carbocycles. The van der Waals surface area contributed by atoms with Crippen LogP contribution in [0.5, 0.6) is 0 Å². The van der Waals surface area contributed by atoms with Crippen LogP contribution in [0.3, 0.4) is 0 Å². The van der Waals surface area contributed by atoms with Crippen LogP contribution in [-0.2, 0) is 0 Å². The monoisotopic (exact) mass is 415 g/mol. The maximum absolute atomic E-state index is 12.5. The first-order chi connectivity index (χ1) is 12.5. The van der Waals surface area contributed by atoms with Crippen molar-refractivity contribution < 1.29 is 4.79 Å². The van der Waals surface area contributed by atoms with Crippen LogP contribution < -0.4 is 10.6 Å². The Hall–Kier alpha value is -2.81. The van der Waals surface area contributed by atoms with Crippen molar-refractivity contribution in [2.75, 3.05) is 5.32 Å². The molecule has 0 saturated heterocycles. The molecule has 2 aromatic heterocycles. The molecule has 0 aliphatic carbocycles. The van der Waals surface area contributed by atoms with Crippen molar-refractivity contribution in [2.24, 2.45) is 0 Å². The van der Waals surface area contributed by atoms with E-state index in [2.05, 4.69) is 46.6 Å². The van der Waals surface area contributed by atoms with Gasteiger partial charge in [-0.1, -0.05) is 22.0 Å². The Labute approximate surface area is 159 Å². The Morgan fingerprint density at radius 3 is 2.65 bits per heavy atom. The highest BCUT2D eigenvalue weighted by atomic mass is 79.9. The Bertz CT molecular complexity index is 926. The minimum Gasteiger partial charge on any atom is -0.328 e. The van der Waals surface area contributed by atoms with Gasteiger partial charge in [0.1, 0.15) is 6.33 Å². The van der Waals surface area contributed by atoms with Crippen LogP contribution in [0.1, 0.15) is 29.9 Å². The molecule has 2 N–H and O–H groups in total. The Balaban J connectivity index is 1.76. The molecule has 1 atom stereocenters. The molecular weight excluding hydrogens is 398 g/mol. The molecule has 2 heterocycles. The second kappa shape index (κ2) is 7.61. The van der Waals surface area contributed by atoms with Gasteiger partial charge in [0, 0.05) is 22.6 Å². The number of benzene rings is 1. The molecule has 0 aliphatic heterocycles. The van der Waals surface area contributed by atoms with Gasteiger partial charge in [-0.2, -0.15) is 9.78 Å². The number of rotatable bonds is 4. The van der Waals surface area contributed by atoms with Crippen molar-refractivity contribution in [3.8, 4) is 5.95 Å². The fraction of sp³-hybridized carbons (Fsp3) is 0.235. The Kier molecular flexibility index (Phi) is 5.27. The Morgan fingerprint density at radius 1 is 1.19 bits per heavy atom. The second-order valence-electron chi connectivity index (χ2n) is 5.76. The van der Waals surface area contributed by atoms with E-state index in [-0.39, 0.29) is 6.03 Å². The summed E-state index contributed by atoms with van der Waals surface area (Å²) in [6.07, 6.45) is 4.65. The molecular formula is C17H18BrN7O. The topological polar surface area (TPSA) is 97.6 Å². The molecule has 0 fully saturated rings. The van der Waals surface area contributed by atoms with E-state index in [4.69, 9.17) is 0 Å². The van der Waals surface area contributed by atoms with E-state index >= 15 is 0 Å². The van der Waals surface area contributed by atoms with Gasteiger partial charge in [-0.15, -0.1) is 0 Å². The summed E-state index contributed by atoms with van der Waals surface area (Å²) in [5, 5.41) is 9.91. The molecule has 0 radical (unpaired) electrons. The van der Waals surface area contributed by atoms with E-state index < -0.39 is 6.04 Å². The zero-order chi connectivity index (χ0) is 18.7. The molecule has 0 bridgehead atoms. The fourth-order valence-corrected chi connectivity index (χ4v) is 2.86. The maximum Gasteiger partial charge on any atom is 0.319 e. The average molecular weight is 416 g/mol. The van der Waals surface area contributed by atoms with E-state index in [1.165, 1.54) is 11.0 Å². The zero-order valence-corrected chi connectivity index (χ0v) is 16.1. The van der Waals surface area contributed by atoms with Gasteiger partial charge in [0.25, 0.3) is 5.95 Å². The molecule has 9 heteroatoms. The lowest BCUT2D eigenvalue weighted by Gasteiger charge is -2.17. The SMILES string of the molecule is Cc1ccc(Br)c(C)c1NC(=O)N[C@@H](C)c1ncnn1-c1ncccn1. The highest BCUT2D eigenvalue weighted by molar-refractivity contribution is 9.10. The molecule has 0 aliphatic rings. The summed E-state index contributed by atoms with van der Waals surface area (Å²) in [6.45, 7) is 5.71. The molecule has 2 amide bonds. The number of halogens is 1. The van der Waals surface area contributed by atoms with E-state index in [9.17, 15) is 4.79 Å². The predicted octanol–water partition coefficient (Wildman–Crippen LogP) is 3.32. The first-order valence-electron chi connectivity index (χ1n) is 7.98. The molecule has 3 rings (SSSR count). The van der Waals surface area contributed by atoms with Crippen LogP contribution >= 0.6 is 15.9 Å². The van der Waals surface area contributed by atoms with E-state index in [1.807, 2.05) is 32.9 Å². The van der Waals surface area contributed by atoms with Crippen molar-refractivity contribution in [2.45, 2.75) is 26.8 Å². The molecule has 3 aromatic rings. The number of aryl methyl sites for hydroxylation is 1. The van der Waals surface area contributed by atoms with Crippen LogP contribution in [0.4, 0.5) is 10.5 Å². The molecule has 134 valence electrons. The van der Waals surface area contributed by atoms with Crippen LogP contribution in [0.15, 0.2) is 41.4 Å². The summed E-state index contributed by atoms with van der Waals surface area (Å²) in [5.41, 5.74) is 2.72. The van der Waals surface area contributed by atoms with E-state index in [1.54, 1.807) is 18.5 Å². The molecule has 0 spiro atoms. The van der Waals surface area contributed by atoms with E-state index in [0.29, 0.717) is 11.8 Å². The van der Waals surface area contributed by atoms with Gasteiger partial charge in [-0.25, -0.2) is 19.7 Å². The maximum atomic E-state index is 12.5. The highest BCUT2D eigenvalue weighted by Gasteiger charge is 2.18. The number of anilines is 1. The lowest BCUT2D eigenvalue weighted by atomic mass is 10.1. The number of aromatic nitrogens is 5. The molecule has 0 unspecified atom stereocenters. The van der Waals surface area contributed by atoms with Crippen molar-refractivity contribution in [1.29, 1.82) is 0 Å². The standard InChI is InChI=1S/C17H18BrN7O/c1-10-5-6-13(18)11(2)14(10)24-17(26)23-12(3)15-21-9-22-25(15)16-19-7-4-8-20-16/h4-9,12H,1-3H3,(H2,23,24,26)/t12-/m0/s1. The quantitative estimate of drug-likeness (QED) is 0.680. The van der Waals surface area contributed by atoms with Gasteiger partial charge in [-0.3, -0.25) is 0 Å². The molecule has 0 saturated carbocycles. The summed E-state index contributed by atoms with van der Waals surface area (Å²) in [4.78, 5) is 25.0. The average Bonchev–Trinajstić information content (AvgIpc) is 3.13. The van der Waals surface area contributed by atoms with Gasteiger partial charge in [0.05, 0.1) is 6.04 Å². The van der Waals surface area contributed by atoms with Crippen molar-refractivity contribution >= 4 is 27.6 Å². The summed E-state index contributed by atoms with van der Waals surface area (Å²) >= 11 is 3.48. The van der Waals surface area contributed by atoms with Crippen LogP contribution in [0.2, 0.25) is 0 Å². The van der Waals surface area contributed by atoms with Crippen LogP contribution in [0, 0.1) is 13.8 Å². The number of carbonyl (C=O) groups is 1. The largest absolute Gasteiger partial charge is 0.328 e. The number of carbonyl (C=O) groups excluding carboxylic acids is 1. The minimum absolute atomic E-state index is 0.328. The van der Waals surface area contributed by atoms with Gasteiger partial charge in [-0.05, 0) is 44.0 Å². The smallest absolute Gasteiger partial charge is 0.319 e. The number of hydrogen-bond acceptors (Lipinski definition) is 5. The van der Waals surface area contributed by atoms with Crippen LogP contribution in [-0.4, -0.2) is 30.8 Å². The number of hydrogen-bond donors (Lipinski definition) is 2. The van der Waals surface area contributed by atoms with Crippen molar-refractivity contribution in [1.82, 2.24) is 30.0 Å². The highest BCUT2D eigenvalue weighted by Crippen LogP contribution is 2.27. The third-order valence-electron chi connectivity index (χ3n) is 3.90. The van der Waals surface area contributed by atoms with Gasteiger partial charge in [0.2, 0.25) is 0 Å². The first kappa shape index (κ1) is 18.0. The lowest BCUT2D eigenvalue weighted by Crippen LogP contribution is -2.33. The fourth-order valence-electron chi connectivity index (χ4n) is 2.53. The summed E-state index contributed by atoms with van der Waals surface area (Å²) in [5.74, 6) is 0.932. The third kappa shape index (κ3) is 3.72. The van der Waals surface area contributed by atoms with Gasteiger partial charge >= 0.3 is 6.03 Å². The minimum atomic E-state index is -0.394. The first-order valence-corrected chi connectivity index (χ1v) is 8.77. The second-order valence-corrected chi connectivity index (χ2v) is 6.62. The number of urea groups is 1. The predicted molar refractivity (Wildman–Crippen MR) is 101 cm³/mol. The van der Waals surface area contributed by atoms with E-state index in [0.717, 1.165) is 21.3 Å². The zero-order valence-electron chi connectivity index (χ0n) is 14.6. The lowest BCUT2D eigenvalue weighted by molar-refractivity contribution is 0.248.